The Morgan fingerprint density at radius 2 is 1.69 bits per heavy atom. The van der Waals surface area contributed by atoms with Gasteiger partial charge in [-0.05, 0) is 26.0 Å². The second-order valence-electron chi connectivity index (χ2n) is 7.76. The second-order valence-corrected chi connectivity index (χ2v) is 10.8. The molecule has 0 atom stereocenters. The lowest BCUT2D eigenvalue weighted by molar-refractivity contribution is -0.121. The Morgan fingerprint density at radius 3 is 2.21 bits per heavy atom. The summed E-state index contributed by atoms with van der Waals surface area (Å²) in [6, 6.07) is 6.34. The van der Waals surface area contributed by atoms with Crippen LogP contribution in [0.5, 0.6) is 0 Å². The fraction of sp³-hybridized carbons (Fsp3) is 0.421. The maximum absolute atomic E-state index is 12.5. The number of nitrogens with zero attached hydrogens (tertiary/aromatic N) is 2. The van der Waals surface area contributed by atoms with E-state index in [-0.39, 0.29) is 10.3 Å². The highest BCUT2D eigenvalue weighted by molar-refractivity contribution is 7.89. The molecule has 158 valence electrons. The predicted molar refractivity (Wildman–Crippen MR) is 112 cm³/mol. The average molecular weight is 439 g/mol. The first-order valence-electron chi connectivity index (χ1n) is 8.92. The highest BCUT2D eigenvalue weighted by Gasteiger charge is 2.25. The first-order valence-corrected chi connectivity index (χ1v) is 11.2. The van der Waals surface area contributed by atoms with Gasteiger partial charge in [-0.3, -0.25) is 20.4 Å². The molecule has 2 aromatic rings. The van der Waals surface area contributed by atoms with Crippen molar-refractivity contribution in [2.75, 3.05) is 13.6 Å². The van der Waals surface area contributed by atoms with E-state index in [2.05, 4.69) is 15.8 Å². The number of rotatable bonds is 5. The van der Waals surface area contributed by atoms with Crippen LogP contribution in [0.2, 0.25) is 0 Å². The summed E-state index contributed by atoms with van der Waals surface area (Å²) >= 11 is 1.26. The second kappa shape index (κ2) is 8.60. The minimum absolute atomic E-state index is 0.0948. The van der Waals surface area contributed by atoms with E-state index >= 15 is 0 Å². The molecule has 2 N–H and O–H groups in total. The Kier molecular flexibility index (Phi) is 6.82. The van der Waals surface area contributed by atoms with Crippen LogP contribution in [0, 0.1) is 13.8 Å². The van der Waals surface area contributed by atoms with Crippen molar-refractivity contribution in [3.63, 3.8) is 0 Å². The third kappa shape index (κ3) is 5.62. The molecule has 8 nitrogen and oxygen atoms in total. The number of sulfonamides is 1. The Morgan fingerprint density at radius 1 is 1.10 bits per heavy atom. The molecule has 0 spiro atoms. The summed E-state index contributed by atoms with van der Waals surface area (Å²) in [7, 11) is -2.50. The third-order valence-corrected chi connectivity index (χ3v) is 7.45. The number of hydrazine groups is 1. The maximum Gasteiger partial charge on any atom is 0.281 e. The summed E-state index contributed by atoms with van der Waals surface area (Å²) in [5, 5.41) is 0.815. The van der Waals surface area contributed by atoms with Gasteiger partial charge < -0.3 is 0 Å². The molecule has 2 rings (SSSR count). The number of thiazole rings is 1. The lowest BCUT2D eigenvalue weighted by atomic mass is 9.98. The first kappa shape index (κ1) is 23.0. The van der Waals surface area contributed by atoms with Gasteiger partial charge in [0.15, 0.2) is 0 Å². The number of carbonyl (C=O) groups excluding carboxylic acids is 2. The zero-order chi connectivity index (χ0) is 22.0. The highest BCUT2D eigenvalue weighted by Crippen LogP contribution is 2.29. The quantitative estimate of drug-likeness (QED) is 0.695. The standard InChI is InChI=1S/C19H26N4O4S2/c1-12-7-9-14(10-8-12)29(26,27)23(6)11-15(24)21-22-17(25)16-13(2)20-18(28-16)19(3,4)5/h7-10H,11H2,1-6H3,(H,21,24)(H,22,25). The number of likely N-dealkylation sites (N-methyl/N-ethyl adjacent to an activating group) is 1. The van der Waals surface area contributed by atoms with Gasteiger partial charge in [0.2, 0.25) is 10.0 Å². The van der Waals surface area contributed by atoms with Crippen LogP contribution < -0.4 is 10.9 Å². The van der Waals surface area contributed by atoms with Crippen LogP contribution in [0.15, 0.2) is 29.2 Å². The predicted octanol–water partition coefficient (Wildman–Crippen LogP) is 2.14. The molecule has 29 heavy (non-hydrogen) atoms. The molecule has 1 aromatic heterocycles. The van der Waals surface area contributed by atoms with Crippen LogP contribution in [-0.4, -0.2) is 43.1 Å². The van der Waals surface area contributed by atoms with Crippen LogP contribution >= 0.6 is 11.3 Å². The van der Waals surface area contributed by atoms with Crippen LogP contribution in [0.25, 0.3) is 0 Å². The molecule has 0 aliphatic rings. The molecule has 0 fully saturated rings. The van der Waals surface area contributed by atoms with Crippen LogP contribution in [0.1, 0.15) is 46.7 Å². The summed E-state index contributed by atoms with van der Waals surface area (Å²) in [5.74, 6) is -1.15. The van der Waals surface area contributed by atoms with E-state index in [1.54, 1.807) is 19.1 Å². The largest absolute Gasteiger partial charge is 0.281 e. The van der Waals surface area contributed by atoms with Gasteiger partial charge in [-0.1, -0.05) is 38.5 Å². The van der Waals surface area contributed by atoms with Crippen molar-refractivity contribution < 1.29 is 18.0 Å². The minimum atomic E-state index is -3.81. The van der Waals surface area contributed by atoms with Gasteiger partial charge in [0.25, 0.3) is 11.8 Å². The van der Waals surface area contributed by atoms with E-state index in [0.717, 1.165) is 14.9 Å². The van der Waals surface area contributed by atoms with Gasteiger partial charge in [-0.2, -0.15) is 4.31 Å². The van der Waals surface area contributed by atoms with Crippen molar-refractivity contribution in [1.82, 2.24) is 20.1 Å². The van der Waals surface area contributed by atoms with E-state index < -0.39 is 28.4 Å². The smallest absolute Gasteiger partial charge is 0.272 e. The molecule has 1 aromatic carbocycles. The van der Waals surface area contributed by atoms with Gasteiger partial charge in [0.1, 0.15) is 4.88 Å². The van der Waals surface area contributed by atoms with Gasteiger partial charge in [0.05, 0.1) is 22.1 Å². The van der Waals surface area contributed by atoms with E-state index in [4.69, 9.17) is 0 Å². The normalized spacial score (nSPS) is 12.1. The maximum atomic E-state index is 12.5. The zero-order valence-electron chi connectivity index (χ0n) is 17.4. The SMILES string of the molecule is Cc1ccc(S(=O)(=O)N(C)CC(=O)NNC(=O)c2sc(C(C)(C)C)nc2C)cc1. The molecule has 0 aliphatic heterocycles. The van der Waals surface area contributed by atoms with Crippen LogP contribution in [0.3, 0.4) is 0 Å². The number of benzene rings is 1. The van der Waals surface area contributed by atoms with E-state index in [1.807, 2.05) is 27.7 Å². The molecule has 10 heteroatoms. The van der Waals surface area contributed by atoms with E-state index in [9.17, 15) is 18.0 Å². The van der Waals surface area contributed by atoms with Crippen molar-refractivity contribution in [2.45, 2.75) is 44.9 Å². The monoisotopic (exact) mass is 438 g/mol. The number of nitrogens with one attached hydrogen (secondary N) is 2. The van der Waals surface area contributed by atoms with E-state index in [1.165, 1.54) is 30.5 Å². The Balaban J connectivity index is 1.98. The van der Waals surface area contributed by atoms with E-state index in [0.29, 0.717) is 10.6 Å². The molecule has 0 saturated heterocycles. The summed E-state index contributed by atoms with van der Waals surface area (Å²) in [5.41, 5.74) is 5.89. The fourth-order valence-corrected chi connectivity index (χ4v) is 4.47. The van der Waals surface area contributed by atoms with Gasteiger partial charge in [-0.25, -0.2) is 13.4 Å². The molecule has 0 saturated carbocycles. The van der Waals surface area contributed by atoms with Crippen molar-refractivity contribution in [2.24, 2.45) is 0 Å². The summed E-state index contributed by atoms with van der Waals surface area (Å²) < 4.78 is 26.0. The van der Waals surface area contributed by atoms with Crippen LogP contribution in [-0.2, 0) is 20.2 Å². The molecular weight excluding hydrogens is 412 g/mol. The summed E-state index contributed by atoms with van der Waals surface area (Å²) in [6.07, 6.45) is 0. The van der Waals surface area contributed by atoms with Gasteiger partial charge >= 0.3 is 0 Å². The van der Waals surface area contributed by atoms with Crippen LogP contribution in [0.4, 0.5) is 0 Å². The van der Waals surface area contributed by atoms with Crippen molar-refractivity contribution in [3.8, 4) is 0 Å². The molecule has 0 radical (unpaired) electrons. The Bertz CT molecular complexity index is 1010. The molecule has 1 heterocycles. The first-order chi connectivity index (χ1) is 13.3. The Hall–Kier alpha value is -2.30. The number of amides is 2. The zero-order valence-corrected chi connectivity index (χ0v) is 19.0. The third-order valence-electron chi connectivity index (χ3n) is 4.06. The van der Waals surface area contributed by atoms with Gasteiger partial charge in [0, 0.05) is 12.5 Å². The lowest BCUT2D eigenvalue weighted by Gasteiger charge is -2.17. The number of hydrogen-bond acceptors (Lipinski definition) is 6. The Labute approximate surface area is 175 Å². The summed E-state index contributed by atoms with van der Waals surface area (Å²) in [4.78, 5) is 29.4. The lowest BCUT2D eigenvalue weighted by Crippen LogP contribution is -2.46. The average Bonchev–Trinajstić information content (AvgIpc) is 3.02. The fourth-order valence-electron chi connectivity index (χ4n) is 2.33. The summed E-state index contributed by atoms with van der Waals surface area (Å²) in [6.45, 7) is 9.14. The van der Waals surface area contributed by atoms with Crippen molar-refractivity contribution >= 4 is 33.2 Å². The molecule has 0 unspecified atom stereocenters. The molecular formula is C19H26N4O4S2. The number of aromatic nitrogens is 1. The molecule has 0 bridgehead atoms. The highest BCUT2D eigenvalue weighted by atomic mass is 32.2. The number of hydrogen-bond donors (Lipinski definition) is 2. The molecule has 0 aliphatic carbocycles. The minimum Gasteiger partial charge on any atom is -0.272 e. The van der Waals surface area contributed by atoms with Crippen molar-refractivity contribution in [1.29, 1.82) is 0 Å². The number of aryl methyl sites for hydroxylation is 2. The number of carbonyl (C=O) groups is 2. The topological polar surface area (TPSA) is 108 Å². The van der Waals surface area contributed by atoms with Gasteiger partial charge in [-0.15, -0.1) is 11.3 Å². The van der Waals surface area contributed by atoms with Crippen molar-refractivity contribution in [3.05, 3.63) is 45.4 Å². The molecule has 2 amide bonds.